The van der Waals surface area contributed by atoms with E-state index in [1.54, 1.807) is 43.4 Å². The maximum Gasteiger partial charge on any atom is 0.305 e. The van der Waals surface area contributed by atoms with Crippen LogP contribution in [0.2, 0.25) is 0 Å². The van der Waals surface area contributed by atoms with E-state index in [-0.39, 0.29) is 36.6 Å². The zero-order valence-corrected chi connectivity index (χ0v) is 18.1. The second kappa shape index (κ2) is 9.20. The number of rotatable bonds is 8. The predicted molar refractivity (Wildman–Crippen MR) is 118 cm³/mol. The quantitative estimate of drug-likeness (QED) is 0.515. The van der Waals surface area contributed by atoms with Gasteiger partial charge in [-0.1, -0.05) is 19.9 Å². The maximum absolute atomic E-state index is 14.3. The van der Waals surface area contributed by atoms with Crippen LogP contribution < -0.4 is 5.32 Å². The van der Waals surface area contributed by atoms with Crippen LogP contribution in [-0.2, 0) is 4.79 Å². The van der Waals surface area contributed by atoms with E-state index in [4.69, 9.17) is 9.52 Å². The van der Waals surface area contributed by atoms with Crippen molar-refractivity contribution in [1.29, 1.82) is 0 Å². The molecule has 3 rings (SSSR count). The fourth-order valence-corrected chi connectivity index (χ4v) is 3.58. The highest BCUT2D eigenvalue weighted by Crippen LogP contribution is 2.36. The summed E-state index contributed by atoms with van der Waals surface area (Å²) in [6.07, 6.45) is -0.102. The normalized spacial score (nSPS) is 12.2. The Morgan fingerprint density at radius 1 is 1.16 bits per heavy atom. The molecule has 0 aliphatic heterocycles. The Morgan fingerprint density at radius 3 is 2.42 bits per heavy atom. The summed E-state index contributed by atoms with van der Waals surface area (Å²) >= 11 is 0. The predicted octanol–water partition coefficient (Wildman–Crippen LogP) is 5.24. The molecule has 31 heavy (non-hydrogen) atoms. The van der Waals surface area contributed by atoms with E-state index in [9.17, 15) is 14.0 Å². The number of aryl methyl sites for hydroxylation is 1. The molecule has 0 fully saturated rings. The lowest BCUT2D eigenvalue weighted by Crippen LogP contribution is -2.29. The average Bonchev–Trinajstić information content (AvgIpc) is 3.07. The number of hydrogen-bond acceptors (Lipinski definition) is 4. The molecule has 2 aromatic carbocycles. The molecule has 3 aromatic rings. The standard InChI is InChI=1S/C24H27FN2O4/c1-14(2)22(23-15(3)21-18(25)6-5-7-19(21)31-23)26-17-10-8-16(9-11-17)24(30)27(4)13-12-20(28)29/h5-11,14,22,26H,12-13H2,1-4H3,(H,28,29). The van der Waals surface area contributed by atoms with Crippen LogP contribution in [0.1, 0.15) is 48.0 Å². The lowest BCUT2D eigenvalue weighted by atomic mass is 9.97. The largest absolute Gasteiger partial charge is 0.481 e. The van der Waals surface area contributed by atoms with Gasteiger partial charge in [-0.05, 0) is 49.2 Å². The number of carboxylic acid groups (broad SMARTS) is 1. The highest BCUT2D eigenvalue weighted by Gasteiger charge is 2.25. The van der Waals surface area contributed by atoms with E-state index in [1.165, 1.54) is 11.0 Å². The first-order chi connectivity index (χ1) is 14.7. The van der Waals surface area contributed by atoms with Crippen LogP contribution in [0.25, 0.3) is 11.0 Å². The van der Waals surface area contributed by atoms with Gasteiger partial charge in [-0.15, -0.1) is 0 Å². The topological polar surface area (TPSA) is 82.8 Å². The van der Waals surface area contributed by atoms with Gasteiger partial charge in [0, 0.05) is 30.4 Å². The number of furan rings is 1. The zero-order valence-electron chi connectivity index (χ0n) is 18.1. The number of nitrogens with one attached hydrogen (secondary N) is 1. The van der Waals surface area contributed by atoms with E-state index in [0.29, 0.717) is 22.3 Å². The van der Waals surface area contributed by atoms with Crippen molar-refractivity contribution in [3.8, 4) is 0 Å². The average molecular weight is 426 g/mol. The Balaban J connectivity index is 1.80. The van der Waals surface area contributed by atoms with Crippen LogP contribution >= 0.6 is 0 Å². The molecule has 0 aliphatic carbocycles. The highest BCUT2D eigenvalue weighted by atomic mass is 19.1. The minimum absolute atomic E-state index is 0.102. The maximum atomic E-state index is 14.3. The fourth-order valence-electron chi connectivity index (χ4n) is 3.58. The van der Waals surface area contributed by atoms with Crippen molar-refractivity contribution < 1.29 is 23.5 Å². The van der Waals surface area contributed by atoms with E-state index in [0.717, 1.165) is 11.3 Å². The van der Waals surface area contributed by atoms with Crippen LogP contribution in [0.4, 0.5) is 10.1 Å². The van der Waals surface area contributed by atoms with Gasteiger partial charge >= 0.3 is 5.97 Å². The second-order valence-corrected chi connectivity index (χ2v) is 8.02. The van der Waals surface area contributed by atoms with Gasteiger partial charge in [-0.25, -0.2) is 4.39 Å². The molecular formula is C24H27FN2O4. The lowest BCUT2D eigenvalue weighted by molar-refractivity contribution is -0.137. The van der Waals surface area contributed by atoms with Gasteiger partial charge in [-0.3, -0.25) is 9.59 Å². The molecule has 0 radical (unpaired) electrons. The summed E-state index contributed by atoms with van der Waals surface area (Å²) in [5, 5.41) is 12.7. The molecular weight excluding hydrogens is 399 g/mol. The Morgan fingerprint density at radius 2 is 1.84 bits per heavy atom. The number of carbonyl (C=O) groups excluding carboxylic acids is 1. The van der Waals surface area contributed by atoms with Crippen molar-refractivity contribution in [1.82, 2.24) is 4.90 Å². The number of nitrogens with zero attached hydrogens (tertiary/aromatic N) is 1. The smallest absolute Gasteiger partial charge is 0.305 e. The first-order valence-corrected chi connectivity index (χ1v) is 10.2. The molecule has 1 unspecified atom stereocenters. The molecule has 1 aromatic heterocycles. The first-order valence-electron chi connectivity index (χ1n) is 10.2. The zero-order chi connectivity index (χ0) is 22.7. The summed E-state index contributed by atoms with van der Waals surface area (Å²) in [5.74, 6) is -0.645. The van der Waals surface area contributed by atoms with Gasteiger partial charge in [0.25, 0.3) is 5.91 Å². The molecule has 2 N–H and O–H groups in total. The van der Waals surface area contributed by atoms with Crippen LogP contribution in [0.5, 0.6) is 0 Å². The van der Waals surface area contributed by atoms with E-state index < -0.39 is 5.97 Å². The number of halogens is 1. The summed E-state index contributed by atoms with van der Waals surface area (Å²) < 4.78 is 20.3. The number of benzene rings is 2. The van der Waals surface area contributed by atoms with Crippen LogP contribution in [-0.4, -0.2) is 35.5 Å². The molecule has 164 valence electrons. The van der Waals surface area contributed by atoms with Gasteiger partial charge in [0.1, 0.15) is 17.2 Å². The number of hydrogen-bond donors (Lipinski definition) is 2. The number of anilines is 1. The molecule has 1 atom stereocenters. The highest BCUT2D eigenvalue weighted by molar-refractivity contribution is 5.94. The molecule has 1 heterocycles. The Kier molecular flexibility index (Phi) is 6.63. The number of amides is 1. The van der Waals surface area contributed by atoms with E-state index >= 15 is 0 Å². The van der Waals surface area contributed by atoms with Gasteiger partial charge in [0.2, 0.25) is 0 Å². The summed E-state index contributed by atoms with van der Waals surface area (Å²) in [4.78, 5) is 24.6. The minimum atomic E-state index is -0.945. The van der Waals surface area contributed by atoms with E-state index in [2.05, 4.69) is 19.2 Å². The molecule has 0 spiro atoms. The second-order valence-electron chi connectivity index (χ2n) is 8.02. The third-order valence-electron chi connectivity index (χ3n) is 5.35. The number of aliphatic carboxylic acids is 1. The summed E-state index contributed by atoms with van der Waals surface area (Å²) in [6, 6.07) is 11.6. The molecule has 0 saturated carbocycles. The van der Waals surface area contributed by atoms with Gasteiger partial charge in [0.15, 0.2) is 0 Å². The third-order valence-corrected chi connectivity index (χ3v) is 5.35. The molecule has 0 aliphatic rings. The van der Waals surface area contributed by atoms with Crippen molar-refractivity contribution in [2.45, 2.75) is 33.2 Å². The van der Waals surface area contributed by atoms with Crippen molar-refractivity contribution in [3.05, 3.63) is 65.2 Å². The van der Waals surface area contributed by atoms with Crippen LogP contribution in [0.3, 0.4) is 0 Å². The van der Waals surface area contributed by atoms with Gasteiger partial charge in [-0.2, -0.15) is 0 Å². The molecule has 1 amide bonds. The first kappa shape index (κ1) is 22.3. The summed E-state index contributed by atoms with van der Waals surface area (Å²) in [5.41, 5.74) is 2.56. The Bertz CT molecular complexity index is 1090. The number of carboxylic acids is 1. The van der Waals surface area contributed by atoms with Crippen LogP contribution in [0, 0.1) is 18.7 Å². The summed E-state index contributed by atoms with van der Waals surface area (Å²) in [7, 11) is 1.58. The van der Waals surface area contributed by atoms with Crippen molar-refractivity contribution in [3.63, 3.8) is 0 Å². The third kappa shape index (κ3) is 4.87. The minimum Gasteiger partial charge on any atom is -0.481 e. The number of fused-ring (bicyclic) bond motifs is 1. The van der Waals surface area contributed by atoms with Crippen molar-refractivity contribution in [2.75, 3.05) is 18.9 Å². The van der Waals surface area contributed by atoms with Gasteiger partial charge in [0.05, 0.1) is 17.8 Å². The molecule has 0 bridgehead atoms. The van der Waals surface area contributed by atoms with Gasteiger partial charge < -0.3 is 19.7 Å². The number of carbonyl (C=O) groups is 2. The Hall–Kier alpha value is -3.35. The monoisotopic (exact) mass is 426 g/mol. The molecule has 7 heteroatoms. The van der Waals surface area contributed by atoms with E-state index in [1.807, 2.05) is 6.92 Å². The van der Waals surface area contributed by atoms with Crippen LogP contribution in [0.15, 0.2) is 46.9 Å². The van der Waals surface area contributed by atoms with Crippen molar-refractivity contribution >= 4 is 28.5 Å². The Labute approximate surface area is 180 Å². The molecule has 0 saturated heterocycles. The summed E-state index contributed by atoms with van der Waals surface area (Å²) in [6.45, 7) is 6.10. The fraction of sp³-hybridized carbons (Fsp3) is 0.333. The van der Waals surface area contributed by atoms with Crippen molar-refractivity contribution in [2.24, 2.45) is 5.92 Å². The lowest BCUT2D eigenvalue weighted by Gasteiger charge is -2.23. The molecule has 6 nitrogen and oxygen atoms in total. The SMILES string of the molecule is Cc1c(C(Nc2ccc(C(=O)N(C)CCC(=O)O)cc2)C(C)C)oc2cccc(F)c12.